The SMILES string of the molecule is CC(=O)CCC(CCC(C)=O)(CCC(C)=O)NC(=O)C12CC3CC(CC(C3)C1)C2.O=C(Cl)C12CC3CC(CC(C3)C1)C2. The van der Waals surface area contributed by atoms with Gasteiger partial charge in [-0.15, -0.1) is 0 Å². The van der Waals surface area contributed by atoms with Crippen LogP contribution >= 0.6 is 11.6 Å². The number of amides is 1. The van der Waals surface area contributed by atoms with Crippen molar-refractivity contribution in [1.82, 2.24) is 5.32 Å². The Bertz CT molecular complexity index is 979. The van der Waals surface area contributed by atoms with E-state index in [1.165, 1.54) is 38.5 Å². The van der Waals surface area contributed by atoms with Gasteiger partial charge in [0.15, 0.2) is 0 Å². The first-order valence-corrected chi connectivity index (χ1v) is 17.2. The van der Waals surface area contributed by atoms with Gasteiger partial charge in [-0.25, -0.2) is 0 Å². The highest BCUT2D eigenvalue weighted by Crippen LogP contribution is 2.61. The van der Waals surface area contributed by atoms with Crippen LogP contribution in [0.5, 0.6) is 0 Å². The predicted octanol–water partition coefficient (Wildman–Crippen LogP) is 7.13. The highest BCUT2D eigenvalue weighted by Gasteiger charge is 2.56. The number of Topliss-reactive ketones (excluding diaryl/α,β-unsaturated/α-hetero) is 3. The third-order valence-electron chi connectivity index (χ3n) is 12.2. The van der Waals surface area contributed by atoms with Crippen LogP contribution in [-0.4, -0.2) is 34.0 Å². The number of halogens is 1. The van der Waals surface area contributed by atoms with Crippen LogP contribution in [0.3, 0.4) is 0 Å². The molecule has 8 saturated carbocycles. The fourth-order valence-electron chi connectivity index (χ4n) is 10.9. The summed E-state index contributed by atoms with van der Waals surface area (Å²) in [5, 5.41) is 3.32. The van der Waals surface area contributed by atoms with Crippen molar-refractivity contribution < 1.29 is 24.0 Å². The minimum atomic E-state index is -0.649. The third kappa shape index (κ3) is 7.05. The zero-order valence-electron chi connectivity index (χ0n) is 26.1. The standard InChI is InChI=1S/C24H37NO4.C11H15ClO/c1-16(26)4-7-24(8-5-17(2)27,9-6-18(3)28)25-22(29)23-13-19-10-20(14-23)12-21(11-19)15-23;12-10(13)11-4-7-1-8(5-11)3-9(2-7)6-11/h19-21H,4-15H2,1-3H3,(H,25,29);7-9H,1-6H2. The Labute approximate surface area is 257 Å². The summed E-state index contributed by atoms with van der Waals surface area (Å²) in [4.78, 5) is 60.3. The van der Waals surface area contributed by atoms with Gasteiger partial charge >= 0.3 is 0 Å². The molecule has 0 heterocycles. The zero-order chi connectivity index (χ0) is 30.3. The van der Waals surface area contributed by atoms with E-state index >= 15 is 0 Å². The van der Waals surface area contributed by atoms with Gasteiger partial charge in [0.05, 0.1) is 0 Å². The van der Waals surface area contributed by atoms with Crippen LogP contribution in [0.1, 0.15) is 136 Å². The van der Waals surface area contributed by atoms with Crippen LogP contribution in [0.2, 0.25) is 0 Å². The molecule has 7 heteroatoms. The van der Waals surface area contributed by atoms with Crippen LogP contribution < -0.4 is 5.32 Å². The Hall–Kier alpha value is -1.56. The van der Waals surface area contributed by atoms with Crippen molar-refractivity contribution in [1.29, 1.82) is 0 Å². The van der Waals surface area contributed by atoms with E-state index < -0.39 is 5.54 Å². The van der Waals surface area contributed by atoms with Gasteiger partial charge in [0, 0.05) is 35.6 Å². The molecular weight excluding hydrogens is 550 g/mol. The smallest absolute Gasteiger partial charge is 0.227 e. The lowest BCUT2D eigenvalue weighted by atomic mass is 9.49. The molecule has 0 radical (unpaired) electrons. The molecule has 0 spiro atoms. The molecule has 0 aliphatic heterocycles. The molecule has 42 heavy (non-hydrogen) atoms. The Kier molecular flexibility index (Phi) is 9.44. The first kappa shape index (κ1) is 31.9. The summed E-state index contributed by atoms with van der Waals surface area (Å²) in [6.07, 6.45) is 16.8. The maximum Gasteiger partial charge on any atom is 0.227 e. The first-order valence-electron chi connectivity index (χ1n) is 16.8. The summed E-state index contributed by atoms with van der Waals surface area (Å²) in [6, 6.07) is 0. The summed E-state index contributed by atoms with van der Waals surface area (Å²) in [6.45, 7) is 4.67. The average molecular weight is 602 g/mol. The largest absolute Gasteiger partial charge is 0.350 e. The van der Waals surface area contributed by atoms with Gasteiger partial charge < -0.3 is 19.7 Å². The number of carbonyl (C=O) groups excluding carboxylic acids is 5. The summed E-state index contributed by atoms with van der Waals surface area (Å²) < 4.78 is 0. The minimum Gasteiger partial charge on any atom is -0.350 e. The normalized spacial score (nSPS) is 37.1. The van der Waals surface area contributed by atoms with Crippen LogP contribution in [-0.2, 0) is 24.0 Å². The molecule has 0 aromatic heterocycles. The number of ketones is 3. The Morgan fingerprint density at radius 3 is 1.12 bits per heavy atom. The van der Waals surface area contributed by atoms with Gasteiger partial charge in [0.1, 0.15) is 17.3 Å². The van der Waals surface area contributed by atoms with E-state index in [0.29, 0.717) is 56.3 Å². The van der Waals surface area contributed by atoms with Crippen LogP contribution in [0.4, 0.5) is 0 Å². The molecule has 0 aromatic rings. The highest BCUT2D eigenvalue weighted by atomic mass is 35.5. The molecule has 1 N–H and O–H groups in total. The number of hydrogen-bond donors (Lipinski definition) is 1. The Morgan fingerprint density at radius 1 is 0.571 bits per heavy atom. The second-order valence-corrected chi connectivity index (χ2v) is 16.4. The second kappa shape index (κ2) is 12.4. The van der Waals surface area contributed by atoms with Gasteiger partial charge in [-0.05, 0) is 164 Å². The molecule has 8 rings (SSSR count). The molecule has 0 aromatic carbocycles. The molecule has 0 unspecified atom stereocenters. The fourth-order valence-corrected chi connectivity index (χ4v) is 11.2. The summed E-state index contributed by atoms with van der Waals surface area (Å²) in [5.74, 6) is 4.84. The van der Waals surface area contributed by atoms with E-state index in [2.05, 4.69) is 5.32 Å². The first-order chi connectivity index (χ1) is 19.8. The topological polar surface area (TPSA) is 97.4 Å². The van der Waals surface area contributed by atoms with Crippen molar-refractivity contribution in [2.24, 2.45) is 46.3 Å². The minimum absolute atomic E-state index is 0.0356. The highest BCUT2D eigenvalue weighted by molar-refractivity contribution is 6.64. The number of nitrogens with one attached hydrogen (secondary N) is 1. The predicted molar refractivity (Wildman–Crippen MR) is 163 cm³/mol. The lowest BCUT2D eigenvalue weighted by Gasteiger charge is -2.56. The van der Waals surface area contributed by atoms with E-state index in [9.17, 15) is 24.0 Å². The fraction of sp³-hybridized carbons (Fsp3) is 0.857. The van der Waals surface area contributed by atoms with Gasteiger partial charge in [-0.2, -0.15) is 0 Å². The molecule has 0 atom stereocenters. The summed E-state index contributed by atoms with van der Waals surface area (Å²) in [7, 11) is 0. The average Bonchev–Trinajstić information content (AvgIpc) is 2.88. The number of carbonyl (C=O) groups is 5. The zero-order valence-corrected chi connectivity index (χ0v) is 26.9. The maximum absolute atomic E-state index is 13.7. The van der Waals surface area contributed by atoms with Gasteiger partial charge in [0.2, 0.25) is 11.1 Å². The summed E-state index contributed by atoms with van der Waals surface area (Å²) >= 11 is 5.76. The van der Waals surface area contributed by atoms with Gasteiger partial charge in [-0.1, -0.05) is 0 Å². The van der Waals surface area contributed by atoms with Crippen LogP contribution in [0.25, 0.3) is 0 Å². The van der Waals surface area contributed by atoms with E-state index in [1.54, 1.807) is 20.8 Å². The Morgan fingerprint density at radius 2 is 0.857 bits per heavy atom. The number of rotatable bonds is 12. The lowest BCUT2D eigenvalue weighted by molar-refractivity contribution is -0.149. The van der Waals surface area contributed by atoms with E-state index in [0.717, 1.165) is 56.3 Å². The quantitative estimate of drug-likeness (QED) is 0.240. The molecule has 234 valence electrons. The van der Waals surface area contributed by atoms with E-state index in [-0.39, 0.29) is 39.3 Å². The molecule has 8 bridgehead atoms. The van der Waals surface area contributed by atoms with Crippen molar-refractivity contribution in [2.45, 2.75) is 142 Å². The van der Waals surface area contributed by atoms with Crippen molar-refractivity contribution >= 4 is 40.1 Å². The van der Waals surface area contributed by atoms with Crippen LogP contribution in [0, 0.1) is 46.3 Å². The molecular formula is C35H52ClNO5. The van der Waals surface area contributed by atoms with Crippen molar-refractivity contribution in [3.63, 3.8) is 0 Å². The molecule has 6 nitrogen and oxygen atoms in total. The molecule has 8 aliphatic carbocycles. The van der Waals surface area contributed by atoms with Crippen LogP contribution in [0.15, 0.2) is 0 Å². The van der Waals surface area contributed by atoms with Gasteiger partial charge in [0.25, 0.3) is 0 Å². The number of hydrogen-bond acceptors (Lipinski definition) is 5. The van der Waals surface area contributed by atoms with Crippen molar-refractivity contribution in [2.75, 3.05) is 0 Å². The molecule has 8 fully saturated rings. The maximum atomic E-state index is 13.7. The molecule has 8 aliphatic rings. The molecule has 0 saturated heterocycles. The van der Waals surface area contributed by atoms with Crippen molar-refractivity contribution in [3.8, 4) is 0 Å². The lowest BCUT2D eigenvalue weighted by Crippen LogP contribution is -2.59. The Balaban J connectivity index is 0.000000222. The molecule has 1 amide bonds. The van der Waals surface area contributed by atoms with E-state index in [4.69, 9.17) is 11.6 Å². The van der Waals surface area contributed by atoms with Crippen molar-refractivity contribution in [3.05, 3.63) is 0 Å². The second-order valence-electron chi connectivity index (χ2n) is 16.0. The van der Waals surface area contributed by atoms with Gasteiger partial charge in [-0.3, -0.25) is 9.59 Å². The monoisotopic (exact) mass is 601 g/mol. The third-order valence-corrected chi connectivity index (χ3v) is 12.6. The summed E-state index contributed by atoms with van der Waals surface area (Å²) in [5.41, 5.74) is -0.998. The van der Waals surface area contributed by atoms with E-state index in [1.807, 2.05) is 0 Å².